The zero-order valence-corrected chi connectivity index (χ0v) is 26.1. The van der Waals surface area contributed by atoms with Crippen molar-refractivity contribution in [1.82, 2.24) is 0 Å². The standard InChI is InChI=1S/C19H15NO2.C7H5Br2NO2.C7H7NO2/c20-18-16(14-9-5-2-6-10-14)11-15(12-17(18)19(21)22)13-7-3-1-4-8-13;8-3-1-4(7(11)12)6(10)5(9)2-3;8-6-4-2-1-3-5(6)7(9)10/h1-12H,20H2,(H,21,22);1-2H,10H2,(H,11,12);1-4H,8H2,(H,9,10). The van der Waals surface area contributed by atoms with Gasteiger partial charge in [-0.05, 0) is 69.0 Å². The zero-order chi connectivity index (χ0) is 32.4. The fraction of sp³-hybridized carbons (Fsp3) is 0. The number of carboxylic acids is 3. The molecule has 0 saturated heterocycles. The number of benzene rings is 5. The van der Waals surface area contributed by atoms with Crippen molar-refractivity contribution in [2.75, 3.05) is 17.2 Å². The second-order valence-electron chi connectivity index (χ2n) is 9.07. The SMILES string of the molecule is Nc1c(Br)cc(Br)cc1C(=O)O.Nc1c(C(=O)O)cc(-c2ccccc2)cc1-c1ccccc1.Nc1ccccc1C(=O)O. The molecule has 0 saturated carbocycles. The van der Waals surface area contributed by atoms with Gasteiger partial charge in [0.1, 0.15) is 0 Å². The van der Waals surface area contributed by atoms with Crippen LogP contribution in [0.15, 0.2) is 118 Å². The summed E-state index contributed by atoms with van der Waals surface area (Å²) in [7, 11) is 0. The minimum absolute atomic E-state index is 0.0938. The molecule has 0 amide bonds. The van der Waals surface area contributed by atoms with Gasteiger partial charge in [-0.2, -0.15) is 0 Å². The first-order chi connectivity index (χ1) is 20.9. The van der Waals surface area contributed by atoms with Crippen LogP contribution in [0.3, 0.4) is 0 Å². The topological polar surface area (TPSA) is 190 Å². The number of halogens is 2. The Kier molecular flexibility index (Phi) is 11.7. The van der Waals surface area contributed by atoms with E-state index in [4.69, 9.17) is 27.4 Å². The van der Waals surface area contributed by atoms with Gasteiger partial charge in [-0.25, -0.2) is 14.4 Å². The summed E-state index contributed by atoms with van der Waals surface area (Å²) < 4.78 is 1.26. The summed E-state index contributed by atoms with van der Waals surface area (Å²) in [6.07, 6.45) is 0. The summed E-state index contributed by atoms with van der Waals surface area (Å²) in [4.78, 5) is 32.5. The first-order valence-corrected chi connectivity index (χ1v) is 14.3. The van der Waals surface area contributed by atoms with Crippen LogP contribution in [0.4, 0.5) is 17.1 Å². The summed E-state index contributed by atoms with van der Waals surface area (Å²) in [5, 5.41) is 26.6. The molecule has 0 fully saturated rings. The molecule has 0 spiro atoms. The molecule has 0 aromatic heterocycles. The number of nitrogens with two attached hydrogens (primary N) is 3. The Balaban J connectivity index is 0.000000202. The van der Waals surface area contributed by atoms with E-state index in [0.29, 0.717) is 20.3 Å². The van der Waals surface area contributed by atoms with Crippen molar-refractivity contribution >= 4 is 66.8 Å². The molecule has 224 valence electrons. The Morgan fingerprint density at radius 2 is 0.977 bits per heavy atom. The molecule has 0 bridgehead atoms. The molecule has 11 heteroatoms. The van der Waals surface area contributed by atoms with Crippen LogP contribution < -0.4 is 17.2 Å². The number of carbonyl (C=O) groups is 3. The lowest BCUT2D eigenvalue weighted by Crippen LogP contribution is -2.04. The lowest BCUT2D eigenvalue weighted by Gasteiger charge is -2.12. The highest BCUT2D eigenvalue weighted by molar-refractivity contribution is 9.11. The molecule has 5 aromatic rings. The summed E-state index contributed by atoms with van der Waals surface area (Å²) in [6.45, 7) is 0. The number of hydrogen-bond acceptors (Lipinski definition) is 6. The van der Waals surface area contributed by atoms with Crippen molar-refractivity contribution in [2.45, 2.75) is 0 Å². The third-order valence-corrected chi connectivity index (χ3v) is 7.23. The van der Waals surface area contributed by atoms with Gasteiger partial charge < -0.3 is 32.5 Å². The normalized spacial score (nSPS) is 9.95. The van der Waals surface area contributed by atoms with E-state index in [1.165, 1.54) is 12.1 Å². The molecule has 5 aromatic carbocycles. The molecule has 0 heterocycles. The van der Waals surface area contributed by atoms with Gasteiger partial charge in [-0.1, -0.05) is 88.7 Å². The number of carboxylic acid groups (broad SMARTS) is 3. The van der Waals surface area contributed by atoms with Crippen LogP contribution in [0.25, 0.3) is 22.3 Å². The first-order valence-electron chi connectivity index (χ1n) is 12.7. The largest absolute Gasteiger partial charge is 0.478 e. The van der Waals surface area contributed by atoms with Crippen molar-refractivity contribution in [3.8, 4) is 22.3 Å². The molecule has 0 aliphatic rings. The summed E-state index contributed by atoms with van der Waals surface area (Å²) in [6, 6.07) is 32.3. The first kappa shape index (κ1) is 33.4. The monoisotopic (exact) mass is 719 g/mol. The highest BCUT2D eigenvalue weighted by Gasteiger charge is 2.16. The maximum atomic E-state index is 11.5. The number of hydrogen-bond donors (Lipinski definition) is 6. The van der Waals surface area contributed by atoms with Crippen LogP contribution in [0.2, 0.25) is 0 Å². The Hall–Kier alpha value is -5.13. The Bertz CT molecular complexity index is 1800. The van der Waals surface area contributed by atoms with Gasteiger partial charge in [-0.15, -0.1) is 0 Å². The molecule has 0 atom stereocenters. The molecule has 0 aliphatic carbocycles. The van der Waals surface area contributed by atoms with E-state index < -0.39 is 17.9 Å². The van der Waals surface area contributed by atoms with Gasteiger partial charge in [-0.3, -0.25) is 0 Å². The van der Waals surface area contributed by atoms with E-state index in [-0.39, 0.29) is 22.4 Å². The van der Waals surface area contributed by atoms with Gasteiger partial charge in [0.25, 0.3) is 0 Å². The third-order valence-electron chi connectivity index (χ3n) is 6.12. The van der Waals surface area contributed by atoms with E-state index in [2.05, 4.69) is 31.9 Å². The predicted molar refractivity (Wildman–Crippen MR) is 180 cm³/mol. The van der Waals surface area contributed by atoms with E-state index in [9.17, 15) is 19.5 Å². The van der Waals surface area contributed by atoms with Crippen molar-refractivity contribution in [2.24, 2.45) is 0 Å². The maximum Gasteiger partial charge on any atom is 0.337 e. The average Bonchev–Trinajstić information content (AvgIpc) is 3.00. The second kappa shape index (κ2) is 15.4. The number of para-hydroxylation sites is 1. The molecular formula is C33H27Br2N3O6. The number of rotatable bonds is 5. The van der Waals surface area contributed by atoms with Crippen LogP contribution in [0.5, 0.6) is 0 Å². The van der Waals surface area contributed by atoms with Crippen molar-refractivity contribution < 1.29 is 29.7 Å². The summed E-state index contributed by atoms with van der Waals surface area (Å²) >= 11 is 6.31. The number of anilines is 3. The molecular weight excluding hydrogens is 694 g/mol. The smallest absolute Gasteiger partial charge is 0.337 e. The van der Waals surface area contributed by atoms with Gasteiger partial charge in [0.15, 0.2) is 0 Å². The molecule has 0 aliphatic heterocycles. The highest BCUT2D eigenvalue weighted by Crippen LogP contribution is 2.34. The Labute approximate surface area is 269 Å². The van der Waals surface area contributed by atoms with Gasteiger partial charge in [0.05, 0.1) is 28.1 Å². The van der Waals surface area contributed by atoms with Gasteiger partial charge in [0.2, 0.25) is 0 Å². The average molecular weight is 721 g/mol. The number of aromatic carboxylic acids is 3. The van der Waals surface area contributed by atoms with Crippen molar-refractivity contribution in [3.05, 3.63) is 135 Å². The van der Waals surface area contributed by atoms with Crippen LogP contribution >= 0.6 is 31.9 Å². The molecule has 9 nitrogen and oxygen atoms in total. The van der Waals surface area contributed by atoms with Gasteiger partial charge in [0, 0.05) is 20.2 Å². The number of nitrogen functional groups attached to an aromatic ring is 3. The highest BCUT2D eigenvalue weighted by atomic mass is 79.9. The summed E-state index contributed by atoms with van der Waals surface area (Å²) in [5.74, 6) is -3.04. The van der Waals surface area contributed by atoms with E-state index in [0.717, 1.165) is 22.3 Å². The minimum Gasteiger partial charge on any atom is -0.478 e. The van der Waals surface area contributed by atoms with E-state index in [1.54, 1.807) is 30.3 Å². The molecule has 44 heavy (non-hydrogen) atoms. The van der Waals surface area contributed by atoms with Crippen LogP contribution in [-0.4, -0.2) is 33.2 Å². The maximum absolute atomic E-state index is 11.5. The fourth-order valence-corrected chi connectivity index (χ4v) is 5.16. The molecule has 0 radical (unpaired) electrons. The van der Waals surface area contributed by atoms with E-state index >= 15 is 0 Å². The molecule has 0 unspecified atom stereocenters. The predicted octanol–water partition coefficient (Wildman–Crippen LogP) is 7.76. The van der Waals surface area contributed by atoms with Crippen LogP contribution in [-0.2, 0) is 0 Å². The second-order valence-corrected chi connectivity index (χ2v) is 10.8. The Morgan fingerprint density at radius 3 is 1.48 bits per heavy atom. The minimum atomic E-state index is -1.03. The fourth-order valence-electron chi connectivity index (χ4n) is 3.94. The van der Waals surface area contributed by atoms with Crippen LogP contribution in [0.1, 0.15) is 31.1 Å². The summed E-state index contributed by atoms with van der Waals surface area (Å²) in [5.41, 5.74) is 21.6. The third kappa shape index (κ3) is 8.69. The lowest BCUT2D eigenvalue weighted by atomic mass is 9.94. The van der Waals surface area contributed by atoms with Crippen LogP contribution in [0, 0.1) is 0 Å². The zero-order valence-electron chi connectivity index (χ0n) is 22.9. The van der Waals surface area contributed by atoms with Gasteiger partial charge >= 0.3 is 17.9 Å². The Morgan fingerprint density at radius 1 is 0.500 bits per heavy atom. The van der Waals surface area contributed by atoms with E-state index in [1.807, 2.05) is 66.7 Å². The van der Waals surface area contributed by atoms with Crippen molar-refractivity contribution in [1.29, 1.82) is 0 Å². The van der Waals surface area contributed by atoms with Crippen molar-refractivity contribution in [3.63, 3.8) is 0 Å². The lowest BCUT2D eigenvalue weighted by molar-refractivity contribution is 0.0687. The molecule has 5 rings (SSSR count). The quantitative estimate of drug-likeness (QED) is 0.0985. The molecule has 9 N–H and O–H groups in total.